The summed E-state index contributed by atoms with van der Waals surface area (Å²) in [7, 11) is 0. The molecule has 6 nitrogen and oxygen atoms in total. The van der Waals surface area contributed by atoms with Gasteiger partial charge in [-0.15, -0.1) is 6.58 Å². The molecule has 27 heavy (non-hydrogen) atoms. The highest BCUT2D eigenvalue weighted by molar-refractivity contribution is 6.23. The largest absolute Gasteiger partial charge is 0.459 e. The van der Waals surface area contributed by atoms with Gasteiger partial charge in [-0.2, -0.15) is 0 Å². The first-order valence-corrected chi connectivity index (χ1v) is 8.86. The normalized spacial score (nSPS) is 16.9. The Labute approximate surface area is 158 Å². The van der Waals surface area contributed by atoms with Crippen molar-refractivity contribution in [1.82, 2.24) is 4.90 Å². The van der Waals surface area contributed by atoms with Crippen LogP contribution in [-0.4, -0.2) is 35.2 Å². The van der Waals surface area contributed by atoms with Crippen molar-refractivity contribution in [2.24, 2.45) is 0 Å². The Balaban J connectivity index is 1.87. The first kappa shape index (κ1) is 18.6. The van der Waals surface area contributed by atoms with E-state index in [0.717, 1.165) is 10.5 Å². The van der Waals surface area contributed by atoms with Gasteiger partial charge in [-0.05, 0) is 35.7 Å². The second kappa shape index (κ2) is 7.61. The zero-order chi connectivity index (χ0) is 19.6. The van der Waals surface area contributed by atoms with E-state index in [0.29, 0.717) is 11.6 Å². The minimum absolute atomic E-state index is 0.0644. The van der Waals surface area contributed by atoms with Crippen LogP contribution in [0, 0.1) is 0 Å². The molecule has 1 atom stereocenters. The van der Waals surface area contributed by atoms with E-state index in [-0.39, 0.29) is 24.6 Å². The average Bonchev–Trinajstić information content (AvgIpc) is 3.28. The molecule has 0 spiro atoms. The Bertz CT molecular complexity index is 853. The monoisotopic (exact) mass is 366 g/mol. The van der Waals surface area contributed by atoms with Crippen LogP contribution in [-0.2, 0) is 9.59 Å². The lowest BCUT2D eigenvalue weighted by Crippen LogP contribution is -2.45. The predicted octanol–water partition coefficient (Wildman–Crippen LogP) is 3.36. The lowest BCUT2D eigenvalue weighted by Gasteiger charge is -2.25. The molecule has 0 aliphatic carbocycles. The maximum Gasteiger partial charge on any atom is 0.290 e. The van der Waals surface area contributed by atoms with Gasteiger partial charge in [-0.3, -0.25) is 14.4 Å². The second-order valence-corrected chi connectivity index (χ2v) is 6.76. The molecule has 3 rings (SSSR count). The second-order valence-electron chi connectivity index (χ2n) is 6.76. The number of carbonyl (C=O) groups is 3. The van der Waals surface area contributed by atoms with Crippen molar-refractivity contribution < 1.29 is 18.8 Å². The van der Waals surface area contributed by atoms with Crippen molar-refractivity contribution >= 4 is 23.4 Å². The van der Waals surface area contributed by atoms with E-state index in [1.807, 2.05) is 12.1 Å². The molecule has 0 bridgehead atoms. The van der Waals surface area contributed by atoms with Crippen molar-refractivity contribution in [2.45, 2.75) is 32.2 Å². The Morgan fingerprint density at radius 1 is 1.30 bits per heavy atom. The van der Waals surface area contributed by atoms with Crippen LogP contribution in [0.2, 0.25) is 0 Å². The van der Waals surface area contributed by atoms with Crippen LogP contribution < -0.4 is 4.90 Å². The maximum atomic E-state index is 13.0. The quantitative estimate of drug-likeness (QED) is 0.581. The minimum Gasteiger partial charge on any atom is -0.459 e. The zero-order valence-electron chi connectivity index (χ0n) is 15.4. The zero-order valence-corrected chi connectivity index (χ0v) is 15.4. The summed E-state index contributed by atoms with van der Waals surface area (Å²) in [6.45, 7) is 7.94. The van der Waals surface area contributed by atoms with E-state index in [1.165, 1.54) is 23.3 Å². The number of rotatable bonds is 6. The third-order valence-electron chi connectivity index (χ3n) is 4.64. The summed E-state index contributed by atoms with van der Waals surface area (Å²) >= 11 is 0. The third kappa shape index (κ3) is 3.56. The molecule has 2 heterocycles. The molecule has 3 amide bonds. The van der Waals surface area contributed by atoms with Gasteiger partial charge < -0.3 is 9.32 Å². The van der Waals surface area contributed by atoms with Crippen molar-refractivity contribution in [1.29, 1.82) is 0 Å². The SMILES string of the molecule is C=CCN(C(=O)c1ccco1)C1CC(=O)N(c2ccc(C(C)C)cc2)C1=O. The first-order valence-electron chi connectivity index (χ1n) is 8.86. The third-order valence-corrected chi connectivity index (χ3v) is 4.64. The molecule has 0 N–H and O–H groups in total. The maximum absolute atomic E-state index is 13.0. The minimum atomic E-state index is -0.877. The fourth-order valence-electron chi connectivity index (χ4n) is 3.17. The van der Waals surface area contributed by atoms with E-state index in [4.69, 9.17) is 4.42 Å². The molecule has 1 aliphatic heterocycles. The fraction of sp³-hybridized carbons (Fsp3) is 0.286. The number of furan rings is 1. The number of anilines is 1. The number of benzene rings is 1. The number of carbonyl (C=O) groups excluding carboxylic acids is 3. The summed E-state index contributed by atoms with van der Waals surface area (Å²) in [5.41, 5.74) is 1.64. The van der Waals surface area contributed by atoms with Crippen LogP contribution in [0.5, 0.6) is 0 Å². The van der Waals surface area contributed by atoms with Gasteiger partial charge in [-0.1, -0.05) is 32.1 Å². The van der Waals surface area contributed by atoms with Gasteiger partial charge in [0.2, 0.25) is 5.91 Å². The summed E-state index contributed by atoms with van der Waals surface area (Å²) < 4.78 is 5.16. The van der Waals surface area contributed by atoms with Gasteiger partial charge in [0, 0.05) is 6.54 Å². The predicted molar refractivity (Wildman–Crippen MR) is 101 cm³/mol. The Morgan fingerprint density at radius 3 is 2.56 bits per heavy atom. The van der Waals surface area contributed by atoms with Crippen LogP contribution in [0.25, 0.3) is 0 Å². The molecule has 140 valence electrons. The number of hydrogen-bond donors (Lipinski definition) is 0. The molecule has 0 saturated carbocycles. The molecule has 0 radical (unpaired) electrons. The summed E-state index contributed by atoms with van der Waals surface area (Å²) in [6.07, 6.45) is 2.85. The van der Waals surface area contributed by atoms with Gasteiger partial charge in [0.1, 0.15) is 6.04 Å². The van der Waals surface area contributed by atoms with Crippen molar-refractivity contribution in [3.8, 4) is 0 Å². The van der Waals surface area contributed by atoms with Gasteiger partial charge in [0.15, 0.2) is 5.76 Å². The summed E-state index contributed by atoms with van der Waals surface area (Å²) in [5.74, 6) is -0.715. The van der Waals surface area contributed by atoms with E-state index in [1.54, 1.807) is 18.2 Å². The van der Waals surface area contributed by atoms with Crippen molar-refractivity contribution in [2.75, 3.05) is 11.4 Å². The first-order chi connectivity index (χ1) is 12.9. The molecule has 1 aliphatic rings. The molecule has 1 aromatic heterocycles. The molecule has 1 saturated heterocycles. The molecule has 6 heteroatoms. The molecular formula is C21H22N2O4. The smallest absolute Gasteiger partial charge is 0.290 e. The molecule has 1 fully saturated rings. The average molecular weight is 366 g/mol. The van der Waals surface area contributed by atoms with E-state index < -0.39 is 17.9 Å². The van der Waals surface area contributed by atoms with Gasteiger partial charge in [0.05, 0.1) is 18.4 Å². The fourth-order valence-corrected chi connectivity index (χ4v) is 3.17. The lowest BCUT2D eigenvalue weighted by atomic mass is 10.0. The van der Waals surface area contributed by atoms with Crippen LogP contribution in [0.3, 0.4) is 0 Å². The highest BCUT2D eigenvalue weighted by Crippen LogP contribution is 2.28. The van der Waals surface area contributed by atoms with Gasteiger partial charge >= 0.3 is 0 Å². The molecule has 2 aromatic rings. The number of imide groups is 1. The van der Waals surface area contributed by atoms with E-state index >= 15 is 0 Å². The van der Waals surface area contributed by atoms with Crippen molar-refractivity contribution in [3.63, 3.8) is 0 Å². The van der Waals surface area contributed by atoms with Crippen molar-refractivity contribution in [3.05, 3.63) is 66.6 Å². The Hall–Kier alpha value is -3.15. The molecule has 1 unspecified atom stereocenters. The van der Waals surface area contributed by atoms with E-state index in [9.17, 15) is 14.4 Å². The van der Waals surface area contributed by atoms with Crippen LogP contribution in [0.1, 0.15) is 42.3 Å². The molecule has 1 aromatic carbocycles. The Kier molecular flexibility index (Phi) is 5.26. The summed E-state index contributed by atoms with van der Waals surface area (Å²) in [5, 5.41) is 0. The van der Waals surface area contributed by atoms with Gasteiger partial charge in [-0.25, -0.2) is 4.90 Å². The number of hydrogen-bond acceptors (Lipinski definition) is 4. The van der Waals surface area contributed by atoms with Crippen LogP contribution in [0.4, 0.5) is 5.69 Å². The Morgan fingerprint density at radius 2 is 2.00 bits per heavy atom. The van der Waals surface area contributed by atoms with E-state index in [2.05, 4.69) is 20.4 Å². The number of nitrogens with zero attached hydrogens (tertiary/aromatic N) is 2. The summed E-state index contributed by atoms with van der Waals surface area (Å²) in [6, 6.07) is 9.59. The van der Waals surface area contributed by atoms with Gasteiger partial charge in [0.25, 0.3) is 11.8 Å². The van der Waals surface area contributed by atoms with Crippen LogP contribution in [0.15, 0.2) is 59.7 Å². The van der Waals surface area contributed by atoms with Crippen LogP contribution >= 0.6 is 0 Å². The number of amides is 3. The standard InChI is InChI=1S/C21H22N2O4/c1-4-11-22(21(26)18-6-5-12-27-18)17-13-19(24)23(20(17)25)16-9-7-15(8-10-16)14(2)3/h4-10,12,14,17H,1,11,13H2,2-3H3. The highest BCUT2D eigenvalue weighted by atomic mass is 16.3. The molecular weight excluding hydrogens is 344 g/mol. The lowest BCUT2D eigenvalue weighted by molar-refractivity contribution is -0.122. The topological polar surface area (TPSA) is 70.8 Å². The highest BCUT2D eigenvalue weighted by Gasteiger charge is 2.44. The summed E-state index contributed by atoms with van der Waals surface area (Å²) in [4.78, 5) is 40.7.